The molecule has 1 heterocycles. The van der Waals surface area contributed by atoms with Crippen molar-refractivity contribution in [1.82, 2.24) is 10.6 Å². The number of hydrogen-bond acceptors (Lipinski definition) is 2. The minimum Gasteiger partial charge on any atom is -0.314 e. The lowest BCUT2D eigenvalue weighted by atomic mass is 9.94. The van der Waals surface area contributed by atoms with Gasteiger partial charge in [0.25, 0.3) is 0 Å². The highest BCUT2D eigenvalue weighted by Gasteiger charge is 2.28. The average Bonchev–Trinajstić information content (AvgIpc) is 2.97. The minimum absolute atomic E-state index is 0.405. The Morgan fingerprint density at radius 3 is 2.57 bits per heavy atom. The maximum Gasteiger partial charge on any atom is 0.0595 e. The summed E-state index contributed by atoms with van der Waals surface area (Å²) in [6, 6.07) is 16.8. The molecule has 0 radical (unpaired) electrons. The average molecular weight is 321 g/mol. The van der Waals surface area contributed by atoms with Gasteiger partial charge >= 0.3 is 0 Å². The molecular weight excluding hydrogens is 303 g/mol. The highest BCUT2D eigenvalue weighted by molar-refractivity contribution is 6.42. The third-order valence-electron chi connectivity index (χ3n) is 4.00. The van der Waals surface area contributed by atoms with Gasteiger partial charge in [0.15, 0.2) is 0 Å². The van der Waals surface area contributed by atoms with E-state index < -0.39 is 0 Å². The molecular formula is C17H18Cl2N2. The Kier molecular flexibility index (Phi) is 4.81. The van der Waals surface area contributed by atoms with E-state index in [1.165, 1.54) is 11.1 Å². The van der Waals surface area contributed by atoms with Crippen molar-refractivity contribution < 1.29 is 0 Å². The second-order valence-electron chi connectivity index (χ2n) is 5.41. The van der Waals surface area contributed by atoms with Crippen LogP contribution in [0.25, 0.3) is 0 Å². The van der Waals surface area contributed by atoms with Crippen molar-refractivity contribution in [2.24, 2.45) is 0 Å². The largest absolute Gasteiger partial charge is 0.314 e. The van der Waals surface area contributed by atoms with Crippen LogP contribution >= 0.6 is 23.2 Å². The van der Waals surface area contributed by atoms with E-state index in [9.17, 15) is 0 Å². The van der Waals surface area contributed by atoms with Crippen molar-refractivity contribution in [3.05, 3.63) is 69.7 Å². The number of halogens is 2. The minimum atomic E-state index is 0.405. The van der Waals surface area contributed by atoms with Crippen LogP contribution in [-0.2, 0) is 6.54 Å². The van der Waals surface area contributed by atoms with Crippen LogP contribution < -0.4 is 10.6 Å². The molecule has 0 bridgehead atoms. The molecule has 2 aromatic carbocycles. The molecule has 0 amide bonds. The lowest BCUT2D eigenvalue weighted by Gasteiger charge is -2.21. The monoisotopic (exact) mass is 320 g/mol. The Hall–Kier alpha value is -1.06. The summed E-state index contributed by atoms with van der Waals surface area (Å²) in [7, 11) is 0. The molecule has 2 atom stereocenters. The normalized spacial score (nSPS) is 21.6. The Balaban J connectivity index is 1.69. The van der Waals surface area contributed by atoms with Gasteiger partial charge in [0.2, 0.25) is 0 Å². The number of benzene rings is 2. The highest BCUT2D eigenvalue weighted by Crippen LogP contribution is 2.29. The molecule has 0 spiro atoms. The van der Waals surface area contributed by atoms with Crippen LogP contribution in [0.4, 0.5) is 0 Å². The van der Waals surface area contributed by atoms with Crippen molar-refractivity contribution in [2.75, 3.05) is 13.1 Å². The summed E-state index contributed by atoms with van der Waals surface area (Å²) >= 11 is 12.1. The molecule has 0 unspecified atom stereocenters. The van der Waals surface area contributed by atoms with Gasteiger partial charge in [0.1, 0.15) is 0 Å². The second kappa shape index (κ2) is 6.80. The van der Waals surface area contributed by atoms with E-state index >= 15 is 0 Å². The van der Waals surface area contributed by atoms with Gasteiger partial charge in [-0.1, -0.05) is 59.6 Å². The molecule has 2 nitrogen and oxygen atoms in total. The zero-order valence-electron chi connectivity index (χ0n) is 11.7. The van der Waals surface area contributed by atoms with Crippen molar-refractivity contribution in [2.45, 2.75) is 18.5 Å². The molecule has 0 aromatic heterocycles. The summed E-state index contributed by atoms with van der Waals surface area (Å²) in [5.74, 6) is 0.420. The van der Waals surface area contributed by atoms with Crippen LogP contribution in [0.5, 0.6) is 0 Å². The summed E-state index contributed by atoms with van der Waals surface area (Å²) in [5, 5.41) is 8.33. The topological polar surface area (TPSA) is 24.1 Å². The fourth-order valence-corrected chi connectivity index (χ4v) is 3.14. The second-order valence-corrected chi connectivity index (χ2v) is 6.23. The maximum atomic E-state index is 6.14. The first-order chi connectivity index (χ1) is 10.2. The number of rotatable bonds is 4. The first-order valence-corrected chi connectivity index (χ1v) is 7.92. The molecule has 1 aliphatic rings. The Labute approximate surface area is 135 Å². The van der Waals surface area contributed by atoms with Gasteiger partial charge in [-0.2, -0.15) is 0 Å². The first-order valence-electron chi connectivity index (χ1n) is 7.17. The zero-order chi connectivity index (χ0) is 14.7. The van der Waals surface area contributed by atoms with Crippen LogP contribution in [0.2, 0.25) is 10.0 Å². The third kappa shape index (κ3) is 3.58. The molecule has 21 heavy (non-hydrogen) atoms. The Morgan fingerprint density at radius 2 is 1.81 bits per heavy atom. The predicted molar refractivity (Wildman–Crippen MR) is 89.1 cm³/mol. The van der Waals surface area contributed by atoms with Gasteiger partial charge in [-0.3, -0.25) is 0 Å². The first kappa shape index (κ1) is 14.9. The quantitative estimate of drug-likeness (QED) is 0.894. The lowest BCUT2D eigenvalue weighted by Crippen LogP contribution is -2.34. The van der Waals surface area contributed by atoms with Crippen molar-refractivity contribution in [3.8, 4) is 0 Å². The van der Waals surface area contributed by atoms with Gasteiger partial charge in [-0.15, -0.1) is 0 Å². The molecule has 1 aliphatic heterocycles. The molecule has 2 N–H and O–H groups in total. The van der Waals surface area contributed by atoms with Crippen molar-refractivity contribution in [3.63, 3.8) is 0 Å². The smallest absolute Gasteiger partial charge is 0.0595 e. The molecule has 0 saturated carbocycles. The van der Waals surface area contributed by atoms with E-state index in [2.05, 4.69) is 41.0 Å². The summed E-state index contributed by atoms with van der Waals surface area (Å²) < 4.78 is 0. The van der Waals surface area contributed by atoms with E-state index in [1.54, 1.807) is 0 Å². The molecule has 1 saturated heterocycles. The summed E-state index contributed by atoms with van der Waals surface area (Å²) in [4.78, 5) is 0. The van der Waals surface area contributed by atoms with Crippen LogP contribution in [0.15, 0.2) is 48.5 Å². The van der Waals surface area contributed by atoms with E-state index in [0.29, 0.717) is 22.0 Å². The predicted octanol–water partition coefficient (Wildman–Crippen LogP) is 3.84. The van der Waals surface area contributed by atoms with Crippen LogP contribution in [-0.4, -0.2) is 19.1 Å². The molecule has 0 aliphatic carbocycles. The van der Waals surface area contributed by atoms with Crippen LogP contribution in [0.1, 0.15) is 17.0 Å². The van der Waals surface area contributed by atoms with Gasteiger partial charge in [-0.25, -0.2) is 0 Å². The van der Waals surface area contributed by atoms with E-state index in [1.807, 2.05) is 18.2 Å². The molecule has 110 valence electrons. The third-order valence-corrected chi connectivity index (χ3v) is 4.74. The zero-order valence-corrected chi connectivity index (χ0v) is 13.2. The molecule has 1 fully saturated rings. The fraction of sp³-hybridized carbons (Fsp3) is 0.294. The van der Waals surface area contributed by atoms with Crippen molar-refractivity contribution in [1.29, 1.82) is 0 Å². The molecule has 2 aromatic rings. The van der Waals surface area contributed by atoms with Gasteiger partial charge < -0.3 is 10.6 Å². The maximum absolute atomic E-state index is 6.14. The lowest BCUT2D eigenvalue weighted by molar-refractivity contribution is 0.503. The van der Waals surface area contributed by atoms with Gasteiger partial charge in [0, 0.05) is 31.6 Å². The summed E-state index contributed by atoms with van der Waals surface area (Å²) in [6.45, 7) is 2.81. The Morgan fingerprint density at radius 1 is 1.00 bits per heavy atom. The standard InChI is InChI=1S/C17H18Cl2N2/c18-15-7-6-13(8-16(15)19)14-10-20-11-17(14)21-9-12-4-2-1-3-5-12/h1-8,14,17,20-21H,9-11H2/t14-,17-/m0/s1. The van der Waals surface area contributed by atoms with E-state index in [0.717, 1.165) is 19.6 Å². The van der Waals surface area contributed by atoms with Crippen LogP contribution in [0, 0.1) is 0 Å². The fourth-order valence-electron chi connectivity index (χ4n) is 2.83. The Bertz CT molecular complexity index is 601. The van der Waals surface area contributed by atoms with Crippen molar-refractivity contribution >= 4 is 23.2 Å². The molecule has 4 heteroatoms. The number of hydrogen-bond donors (Lipinski definition) is 2. The number of nitrogens with one attached hydrogen (secondary N) is 2. The highest BCUT2D eigenvalue weighted by atomic mass is 35.5. The summed E-state index contributed by atoms with van der Waals surface area (Å²) in [6.07, 6.45) is 0. The van der Waals surface area contributed by atoms with Crippen LogP contribution in [0.3, 0.4) is 0 Å². The van der Waals surface area contributed by atoms with E-state index in [-0.39, 0.29) is 0 Å². The summed E-state index contributed by atoms with van der Waals surface area (Å²) in [5.41, 5.74) is 2.54. The SMILES string of the molecule is Clc1ccc([C@@H]2CNC[C@@H]2NCc2ccccc2)cc1Cl. The van der Waals surface area contributed by atoms with E-state index in [4.69, 9.17) is 23.2 Å². The van der Waals surface area contributed by atoms with Gasteiger partial charge in [0.05, 0.1) is 10.0 Å². The molecule has 3 rings (SSSR count). The van der Waals surface area contributed by atoms with Gasteiger partial charge in [-0.05, 0) is 23.3 Å².